The molecule has 0 unspecified atom stereocenters. The van der Waals surface area contributed by atoms with Crippen molar-refractivity contribution in [3.63, 3.8) is 0 Å². The van der Waals surface area contributed by atoms with Gasteiger partial charge in [0, 0.05) is 12.8 Å². The largest absolute Gasteiger partial charge is 0.444 e. The summed E-state index contributed by atoms with van der Waals surface area (Å²) >= 11 is 0. The highest BCUT2D eigenvalue weighted by molar-refractivity contribution is 5.85. The molecule has 2 atom stereocenters. The van der Waals surface area contributed by atoms with E-state index >= 15 is 0 Å². The van der Waals surface area contributed by atoms with Crippen LogP contribution in [0.1, 0.15) is 66.7 Å². The third-order valence-electron chi connectivity index (χ3n) is 4.24. The molecule has 4 nitrogen and oxygen atoms in total. The highest BCUT2D eigenvalue weighted by Gasteiger charge is 2.55. The quantitative estimate of drug-likeness (QED) is 0.676. The number of amides is 1. The Bertz CT molecular complexity index is 390. The lowest BCUT2D eigenvalue weighted by molar-refractivity contribution is -0.139. The summed E-state index contributed by atoms with van der Waals surface area (Å²) in [5, 5.41) is 0. The molecule has 0 saturated carbocycles. The molecule has 4 heteroatoms. The molecule has 1 amide bonds. The molecule has 2 aliphatic heterocycles. The molecule has 19 heavy (non-hydrogen) atoms. The number of ketones is 1. The van der Waals surface area contributed by atoms with Crippen LogP contribution in [0.25, 0.3) is 0 Å². The zero-order valence-electron chi connectivity index (χ0n) is 12.7. The summed E-state index contributed by atoms with van der Waals surface area (Å²) in [6.45, 7) is 9.66. The van der Waals surface area contributed by atoms with Gasteiger partial charge in [-0.15, -0.1) is 0 Å². The molecule has 108 valence electrons. The molecule has 0 N–H and O–H groups in total. The highest BCUT2D eigenvalue weighted by Crippen LogP contribution is 2.47. The van der Waals surface area contributed by atoms with E-state index in [0.29, 0.717) is 12.8 Å². The average molecular weight is 267 g/mol. The minimum atomic E-state index is -0.500. The molecule has 0 aliphatic carbocycles. The van der Waals surface area contributed by atoms with Crippen LogP contribution < -0.4 is 0 Å². The minimum Gasteiger partial charge on any atom is -0.444 e. The van der Waals surface area contributed by atoms with Crippen molar-refractivity contribution in [1.29, 1.82) is 0 Å². The van der Waals surface area contributed by atoms with E-state index in [4.69, 9.17) is 4.74 Å². The van der Waals surface area contributed by atoms with Gasteiger partial charge in [-0.05, 0) is 53.9 Å². The number of hydrogen-bond acceptors (Lipinski definition) is 3. The third-order valence-corrected chi connectivity index (χ3v) is 4.24. The highest BCUT2D eigenvalue weighted by atomic mass is 16.6. The Balaban J connectivity index is 2.31. The topological polar surface area (TPSA) is 46.6 Å². The van der Waals surface area contributed by atoms with Gasteiger partial charge >= 0.3 is 6.09 Å². The van der Waals surface area contributed by atoms with E-state index in [1.807, 2.05) is 39.5 Å². The molecule has 0 radical (unpaired) electrons. The number of Topliss-reactive ketones (excluding diaryl/α,β-unsaturated/α-hetero) is 1. The number of fused-ring (bicyclic) bond motifs is 2. The second-order valence-electron chi connectivity index (χ2n) is 7.56. The Morgan fingerprint density at radius 1 is 1.16 bits per heavy atom. The van der Waals surface area contributed by atoms with Crippen molar-refractivity contribution in [3.8, 4) is 0 Å². The molecule has 0 aromatic rings. The summed E-state index contributed by atoms with van der Waals surface area (Å²) in [4.78, 5) is 26.4. The maximum absolute atomic E-state index is 12.5. The number of carbonyl (C=O) groups excluding carboxylic acids is 2. The zero-order valence-corrected chi connectivity index (χ0v) is 12.7. The predicted molar refractivity (Wildman–Crippen MR) is 73.0 cm³/mol. The third kappa shape index (κ3) is 2.63. The van der Waals surface area contributed by atoms with E-state index < -0.39 is 5.60 Å². The summed E-state index contributed by atoms with van der Waals surface area (Å²) in [6, 6.07) is 0. The first-order chi connectivity index (χ1) is 8.56. The molecule has 2 heterocycles. The number of hydrogen-bond donors (Lipinski definition) is 0. The van der Waals surface area contributed by atoms with Crippen molar-refractivity contribution in [2.24, 2.45) is 0 Å². The standard InChI is InChI=1S/C15H25NO3/c1-13(2,3)19-12(18)16-14(4)7-6-8-15(16,5)10-11(17)9-14/h6-10H2,1-5H3/t14-,15+. The van der Waals surface area contributed by atoms with Gasteiger partial charge in [0.05, 0.1) is 11.1 Å². The average Bonchev–Trinajstić information content (AvgIpc) is 2.09. The molecule has 0 aromatic heterocycles. The predicted octanol–water partition coefficient (Wildman–Crippen LogP) is 3.29. The van der Waals surface area contributed by atoms with Gasteiger partial charge in [-0.25, -0.2) is 4.79 Å². The first-order valence-corrected chi connectivity index (χ1v) is 7.11. The maximum Gasteiger partial charge on any atom is 0.411 e. The Kier molecular flexibility index (Phi) is 3.19. The number of nitrogens with zero attached hydrogens (tertiary/aromatic N) is 1. The van der Waals surface area contributed by atoms with E-state index in [9.17, 15) is 9.59 Å². The van der Waals surface area contributed by atoms with E-state index in [1.54, 1.807) is 0 Å². The Hall–Kier alpha value is -1.06. The fourth-order valence-corrected chi connectivity index (χ4v) is 3.72. The van der Waals surface area contributed by atoms with Crippen molar-refractivity contribution in [2.45, 2.75) is 83.4 Å². The van der Waals surface area contributed by atoms with E-state index in [1.165, 1.54) is 0 Å². The van der Waals surface area contributed by atoms with Gasteiger partial charge in [0.1, 0.15) is 11.4 Å². The molecule has 2 rings (SSSR count). The van der Waals surface area contributed by atoms with Crippen LogP contribution in [-0.4, -0.2) is 33.5 Å². The minimum absolute atomic E-state index is 0.268. The lowest BCUT2D eigenvalue weighted by atomic mass is 9.69. The van der Waals surface area contributed by atoms with Gasteiger partial charge in [-0.1, -0.05) is 0 Å². The second kappa shape index (κ2) is 4.22. The van der Waals surface area contributed by atoms with Crippen LogP contribution in [0.2, 0.25) is 0 Å². The molecule has 2 fully saturated rings. The second-order valence-corrected chi connectivity index (χ2v) is 7.56. The number of ether oxygens (including phenoxy) is 1. The summed E-state index contributed by atoms with van der Waals surface area (Å²) in [5.41, 5.74) is -1.24. The smallest absolute Gasteiger partial charge is 0.411 e. The Morgan fingerprint density at radius 3 is 2.05 bits per heavy atom. The number of carbonyl (C=O) groups is 2. The van der Waals surface area contributed by atoms with Crippen LogP contribution in [0.3, 0.4) is 0 Å². The first-order valence-electron chi connectivity index (χ1n) is 7.11. The van der Waals surface area contributed by atoms with Crippen LogP contribution in [0, 0.1) is 0 Å². The van der Waals surface area contributed by atoms with Crippen molar-refractivity contribution < 1.29 is 14.3 Å². The Morgan fingerprint density at radius 2 is 1.63 bits per heavy atom. The van der Waals surface area contributed by atoms with Crippen LogP contribution in [0.15, 0.2) is 0 Å². The summed E-state index contributed by atoms with van der Waals surface area (Å²) in [6.07, 6.45) is 3.48. The van der Waals surface area contributed by atoms with Gasteiger partial charge in [-0.2, -0.15) is 0 Å². The van der Waals surface area contributed by atoms with Crippen molar-refractivity contribution in [2.75, 3.05) is 0 Å². The van der Waals surface area contributed by atoms with E-state index in [2.05, 4.69) is 0 Å². The van der Waals surface area contributed by atoms with Crippen LogP contribution >= 0.6 is 0 Å². The van der Waals surface area contributed by atoms with Crippen LogP contribution in [0.4, 0.5) is 4.79 Å². The Labute approximate surface area is 115 Å². The fourth-order valence-electron chi connectivity index (χ4n) is 3.72. The van der Waals surface area contributed by atoms with Crippen LogP contribution in [0.5, 0.6) is 0 Å². The van der Waals surface area contributed by atoms with Gasteiger partial charge in [0.25, 0.3) is 0 Å². The molecular formula is C15H25NO3. The fraction of sp³-hybridized carbons (Fsp3) is 0.867. The summed E-state index contributed by atoms with van der Waals surface area (Å²) in [5.74, 6) is 0.268. The normalized spacial score (nSPS) is 35.2. The molecule has 2 bridgehead atoms. The first kappa shape index (κ1) is 14.4. The van der Waals surface area contributed by atoms with Crippen molar-refractivity contribution in [1.82, 2.24) is 4.90 Å². The van der Waals surface area contributed by atoms with Gasteiger partial charge in [0.2, 0.25) is 0 Å². The van der Waals surface area contributed by atoms with E-state index in [-0.39, 0.29) is 23.0 Å². The van der Waals surface area contributed by atoms with Gasteiger partial charge < -0.3 is 4.74 Å². The lowest BCUT2D eigenvalue weighted by Crippen LogP contribution is -2.68. The van der Waals surface area contributed by atoms with Gasteiger partial charge in [0.15, 0.2) is 0 Å². The maximum atomic E-state index is 12.5. The van der Waals surface area contributed by atoms with Crippen molar-refractivity contribution >= 4 is 11.9 Å². The number of rotatable bonds is 0. The molecule has 0 aromatic carbocycles. The lowest BCUT2D eigenvalue weighted by Gasteiger charge is -2.57. The molecular weight excluding hydrogens is 242 g/mol. The summed E-state index contributed by atoms with van der Waals surface area (Å²) in [7, 11) is 0. The monoisotopic (exact) mass is 267 g/mol. The molecule has 2 saturated heterocycles. The molecule has 0 spiro atoms. The molecule has 2 aliphatic rings. The van der Waals surface area contributed by atoms with Gasteiger partial charge in [-0.3, -0.25) is 9.69 Å². The van der Waals surface area contributed by atoms with E-state index in [0.717, 1.165) is 19.3 Å². The SMILES string of the molecule is CC(C)(C)OC(=O)N1[C@@]2(C)CCC[C@]1(C)CC(=O)C2. The number of piperidine rings is 2. The summed E-state index contributed by atoms with van der Waals surface area (Å²) < 4.78 is 5.55. The van der Waals surface area contributed by atoms with Crippen LogP contribution in [-0.2, 0) is 9.53 Å². The zero-order chi connectivity index (χ0) is 14.5. The van der Waals surface area contributed by atoms with Crippen molar-refractivity contribution in [3.05, 3.63) is 0 Å².